The molecule has 0 unspecified atom stereocenters. The first-order valence-electron chi connectivity index (χ1n) is 3.74. The van der Waals surface area contributed by atoms with E-state index in [-0.39, 0.29) is 36.0 Å². The van der Waals surface area contributed by atoms with Gasteiger partial charge in [-0.15, -0.1) is 0 Å². The van der Waals surface area contributed by atoms with Gasteiger partial charge in [-0.3, -0.25) is 0 Å². The molecule has 0 aliphatic carbocycles. The van der Waals surface area contributed by atoms with Gasteiger partial charge >= 0.3 is 29.6 Å². The van der Waals surface area contributed by atoms with Gasteiger partial charge in [0.2, 0.25) is 0 Å². The van der Waals surface area contributed by atoms with E-state index in [0.717, 1.165) is 12.8 Å². The SMILES string of the molecule is C=CC=CCCCCC(=O)[O-].[Na+]. The summed E-state index contributed by atoms with van der Waals surface area (Å²) >= 11 is 0. The van der Waals surface area contributed by atoms with E-state index >= 15 is 0 Å². The molecule has 12 heavy (non-hydrogen) atoms. The zero-order chi connectivity index (χ0) is 8.53. The van der Waals surface area contributed by atoms with Crippen molar-refractivity contribution in [3.05, 3.63) is 24.8 Å². The Morgan fingerprint density at radius 3 is 2.58 bits per heavy atom. The van der Waals surface area contributed by atoms with Crippen molar-refractivity contribution in [2.45, 2.75) is 25.7 Å². The number of carboxylic acids is 1. The first kappa shape index (κ1) is 14.5. The minimum absolute atomic E-state index is 0. The molecule has 0 aliphatic heterocycles. The molecule has 0 atom stereocenters. The van der Waals surface area contributed by atoms with Gasteiger partial charge in [0.25, 0.3) is 0 Å². The van der Waals surface area contributed by atoms with Crippen molar-refractivity contribution in [1.82, 2.24) is 0 Å². The molecule has 0 spiro atoms. The summed E-state index contributed by atoms with van der Waals surface area (Å²) in [7, 11) is 0. The van der Waals surface area contributed by atoms with Crippen LogP contribution in [0.1, 0.15) is 25.7 Å². The Morgan fingerprint density at radius 1 is 1.42 bits per heavy atom. The molecule has 0 heterocycles. The number of carboxylic acid groups (broad SMARTS) is 1. The molecule has 0 bridgehead atoms. The van der Waals surface area contributed by atoms with Crippen molar-refractivity contribution in [1.29, 1.82) is 0 Å². The number of carbonyl (C=O) groups is 1. The Labute approximate surface area is 95.6 Å². The molecule has 0 saturated heterocycles. The van der Waals surface area contributed by atoms with Crippen LogP contribution in [0.5, 0.6) is 0 Å². The molecular weight excluding hydrogens is 163 g/mol. The molecule has 0 aromatic rings. The first-order valence-corrected chi connectivity index (χ1v) is 3.74. The summed E-state index contributed by atoms with van der Waals surface area (Å²) in [6.45, 7) is 3.52. The zero-order valence-electron chi connectivity index (χ0n) is 7.58. The smallest absolute Gasteiger partial charge is 0.550 e. The average molecular weight is 176 g/mol. The van der Waals surface area contributed by atoms with Crippen molar-refractivity contribution < 1.29 is 39.5 Å². The van der Waals surface area contributed by atoms with Gasteiger partial charge in [0, 0.05) is 5.97 Å². The van der Waals surface area contributed by atoms with E-state index in [9.17, 15) is 9.90 Å². The maximum absolute atomic E-state index is 9.94. The standard InChI is InChI=1S/C9H14O2.Na/c1-2-3-4-5-6-7-8-9(10)11;/h2-4H,1,5-8H2,(H,10,11);/q;+1/p-1. The minimum atomic E-state index is -0.960. The summed E-state index contributed by atoms with van der Waals surface area (Å²) in [6, 6.07) is 0. The van der Waals surface area contributed by atoms with Crippen LogP contribution < -0.4 is 34.7 Å². The van der Waals surface area contributed by atoms with E-state index < -0.39 is 5.97 Å². The third kappa shape index (κ3) is 12.6. The number of unbranched alkanes of at least 4 members (excludes halogenated alkanes) is 2. The Morgan fingerprint density at radius 2 is 2.08 bits per heavy atom. The Balaban J connectivity index is 0. The predicted octanol–water partition coefficient (Wildman–Crippen LogP) is -1.96. The molecule has 0 N–H and O–H groups in total. The van der Waals surface area contributed by atoms with E-state index in [0.29, 0.717) is 6.42 Å². The molecule has 0 saturated carbocycles. The minimum Gasteiger partial charge on any atom is -0.550 e. The van der Waals surface area contributed by atoms with Gasteiger partial charge in [-0.1, -0.05) is 24.8 Å². The maximum atomic E-state index is 9.94. The van der Waals surface area contributed by atoms with Crippen LogP contribution in [0.4, 0.5) is 0 Å². The summed E-state index contributed by atoms with van der Waals surface area (Å²) in [5.74, 6) is -0.960. The van der Waals surface area contributed by atoms with Crippen LogP contribution in [0.25, 0.3) is 0 Å². The third-order valence-corrected chi connectivity index (χ3v) is 1.27. The van der Waals surface area contributed by atoms with Gasteiger partial charge in [0.05, 0.1) is 0 Å². The van der Waals surface area contributed by atoms with Gasteiger partial charge in [0.15, 0.2) is 0 Å². The summed E-state index contributed by atoms with van der Waals surface area (Å²) in [5, 5.41) is 9.94. The number of hydrogen-bond donors (Lipinski definition) is 0. The van der Waals surface area contributed by atoms with Crippen molar-refractivity contribution in [2.75, 3.05) is 0 Å². The van der Waals surface area contributed by atoms with Crippen LogP contribution in [-0.2, 0) is 4.79 Å². The number of hydrogen-bond acceptors (Lipinski definition) is 2. The van der Waals surface area contributed by atoms with Crippen molar-refractivity contribution in [3.8, 4) is 0 Å². The maximum Gasteiger partial charge on any atom is 1.00 e. The summed E-state index contributed by atoms with van der Waals surface area (Å²) in [6.07, 6.45) is 8.23. The molecular formula is C9H13NaO2. The van der Waals surface area contributed by atoms with Gasteiger partial charge in [0.1, 0.15) is 0 Å². The summed E-state index contributed by atoms with van der Waals surface area (Å²) in [4.78, 5) is 9.94. The number of carbonyl (C=O) groups excluding carboxylic acids is 1. The molecule has 0 aliphatic rings. The van der Waals surface area contributed by atoms with E-state index in [1.807, 2.05) is 12.2 Å². The third-order valence-electron chi connectivity index (χ3n) is 1.27. The van der Waals surface area contributed by atoms with E-state index in [1.54, 1.807) is 6.08 Å². The molecule has 3 heteroatoms. The quantitative estimate of drug-likeness (QED) is 0.268. The fourth-order valence-corrected chi connectivity index (χ4v) is 0.724. The molecule has 2 nitrogen and oxygen atoms in total. The molecule has 0 aromatic carbocycles. The first-order chi connectivity index (χ1) is 5.27. The molecule has 0 fully saturated rings. The second kappa shape index (κ2) is 11.0. The van der Waals surface area contributed by atoms with Gasteiger partial charge in [-0.25, -0.2) is 0 Å². The largest absolute Gasteiger partial charge is 1.00 e. The summed E-state index contributed by atoms with van der Waals surface area (Å²) in [5.41, 5.74) is 0. The van der Waals surface area contributed by atoms with Crippen LogP contribution in [-0.4, -0.2) is 5.97 Å². The Bertz CT molecular complexity index is 153. The van der Waals surface area contributed by atoms with Crippen LogP contribution in [0.3, 0.4) is 0 Å². The monoisotopic (exact) mass is 176 g/mol. The Hall–Kier alpha value is -0.0500. The van der Waals surface area contributed by atoms with Crippen LogP contribution in [0.15, 0.2) is 24.8 Å². The number of aliphatic carboxylic acids is 1. The predicted molar refractivity (Wildman–Crippen MR) is 42.8 cm³/mol. The summed E-state index contributed by atoms with van der Waals surface area (Å²) < 4.78 is 0. The Kier molecular flexibility index (Phi) is 13.2. The number of allylic oxidation sites excluding steroid dienone is 3. The van der Waals surface area contributed by atoms with Crippen LogP contribution >= 0.6 is 0 Å². The van der Waals surface area contributed by atoms with Crippen LogP contribution in [0.2, 0.25) is 0 Å². The van der Waals surface area contributed by atoms with Gasteiger partial charge in [-0.05, 0) is 25.7 Å². The normalized spacial score (nSPS) is 9.33. The molecule has 0 amide bonds. The van der Waals surface area contributed by atoms with E-state index in [4.69, 9.17) is 0 Å². The second-order valence-electron chi connectivity index (χ2n) is 2.28. The fraction of sp³-hybridized carbons (Fsp3) is 0.444. The number of rotatable bonds is 6. The second-order valence-corrected chi connectivity index (χ2v) is 2.28. The van der Waals surface area contributed by atoms with Crippen molar-refractivity contribution in [3.63, 3.8) is 0 Å². The fourth-order valence-electron chi connectivity index (χ4n) is 0.724. The van der Waals surface area contributed by atoms with Gasteiger partial charge in [-0.2, -0.15) is 0 Å². The molecule has 0 aromatic heterocycles. The van der Waals surface area contributed by atoms with E-state index in [2.05, 4.69) is 6.58 Å². The molecule has 0 radical (unpaired) electrons. The van der Waals surface area contributed by atoms with Gasteiger partial charge < -0.3 is 9.90 Å². The average Bonchev–Trinajstić information content (AvgIpc) is 1.96. The van der Waals surface area contributed by atoms with E-state index in [1.165, 1.54) is 0 Å². The van der Waals surface area contributed by atoms with Crippen molar-refractivity contribution >= 4 is 5.97 Å². The molecule has 0 rings (SSSR count). The van der Waals surface area contributed by atoms with Crippen molar-refractivity contribution in [2.24, 2.45) is 0 Å². The molecule has 62 valence electrons. The zero-order valence-corrected chi connectivity index (χ0v) is 9.58. The topological polar surface area (TPSA) is 40.1 Å². The van der Waals surface area contributed by atoms with Crippen LogP contribution in [0, 0.1) is 0 Å².